The number of halogens is 3. The zero-order valence-electron chi connectivity index (χ0n) is 8.33. The minimum absolute atomic E-state index is 0.299. The van der Waals surface area contributed by atoms with Crippen molar-refractivity contribution in [1.29, 1.82) is 0 Å². The lowest BCUT2D eigenvalue weighted by molar-refractivity contribution is -0.152. The summed E-state index contributed by atoms with van der Waals surface area (Å²) in [5.41, 5.74) is 5.72. The van der Waals surface area contributed by atoms with Crippen LogP contribution in [0, 0.1) is 5.92 Å². The molecule has 15 heavy (non-hydrogen) atoms. The zero-order chi connectivity index (χ0) is 11.5. The van der Waals surface area contributed by atoms with E-state index in [1.807, 2.05) is 0 Å². The van der Waals surface area contributed by atoms with Crippen LogP contribution >= 0.6 is 0 Å². The maximum absolute atomic E-state index is 11.8. The first-order valence-corrected chi connectivity index (χ1v) is 4.99. The number of hydrogen-bond acceptors (Lipinski definition) is 3. The third-order valence-electron chi connectivity index (χ3n) is 2.49. The fourth-order valence-corrected chi connectivity index (χ4v) is 1.40. The summed E-state index contributed by atoms with van der Waals surface area (Å²) in [6.45, 7) is -0.759. The first kappa shape index (κ1) is 12.7. The summed E-state index contributed by atoms with van der Waals surface area (Å²) < 4.78 is 40.4. The summed E-state index contributed by atoms with van der Waals surface area (Å²) in [6.07, 6.45) is -3.94. The Morgan fingerprint density at radius 1 is 1.40 bits per heavy atom. The van der Waals surface area contributed by atoms with Gasteiger partial charge in [0.05, 0.1) is 25.7 Å². The summed E-state index contributed by atoms with van der Waals surface area (Å²) >= 11 is 0. The van der Waals surface area contributed by atoms with Gasteiger partial charge in [0.25, 0.3) is 0 Å². The van der Waals surface area contributed by atoms with Crippen molar-refractivity contribution in [2.75, 3.05) is 13.2 Å². The molecule has 0 bridgehead atoms. The van der Waals surface area contributed by atoms with E-state index in [1.54, 1.807) is 0 Å². The number of hydrogen-bond donors (Lipinski definition) is 2. The van der Waals surface area contributed by atoms with Crippen LogP contribution in [-0.4, -0.2) is 36.6 Å². The summed E-state index contributed by atoms with van der Waals surface area (Å²) in [4.78, 5) is 0. The SMILES string of the molecule is NC(C1CC1)C(CO)OCCC(F)(F)F. The molecule has 2 atom stereocenters. The van der Waals surface area contributed by atoms with E-state index in [2.05, 4.69) is 0 Å². The van der Waals surface area contributed by atoms with Crippen molar-refractivity contribution in [1.82, 2.24) is 0 Å². The molecular formula is C9H16F3NO2. The predicted molar refractivity (Wildman–Crippen MR) is 48.2 cm³/mol. The Hall–Kier alpha value is -0.330. The van der Waals surface area contributed by atoms with E-state index >= 15 is 0 Å². The summed E-state index contributed by atoms with van der Waals surface area (Å²) in [5.74, 6) is 0.299. The number of aliphatic hydroxyl groups excluding tert-OH is 1. The van der Waals surface area contributed by atoms with Gasteiger partial charge < -0.3 is 15.6 Å². The molecule has 90 valence electrons. The Balaban J connectivity index is 2.21. The first-order valence-electron chi connectivity index (χ1n) is 4.99. The Kier molecular flexibility index (Phi) is 4.36. The molecule has 1 fully saturated rings. The van der Waals surface area contributed by atoms with Crippen molar-refractivity contribution in [2.24, 2.45) is 11.7 Å². The van der Waals surface area contributed by atoms with Crippen molar-refractivity contribution in [2.45, 2.75) is 37.6 Å². The topological polar surface area (TPSA) is 55.5 Å². The standard InChI is InChI=1S/C9H16F3NO2/c10-9(11,12)3-4-15-7(5-14)8(13)6-1-2-6/h6-8,14H,1-5,13H2. The van der Waals surface area contributed by atoms with Crippen molar-refractivity contribution in [3.05, 3.63) is 0 Å². The van der Waals surface area contributed by atoms with Gasteiger partial charge in [-0.25, -0.2) is 0 Å². The largest absolute Gasteiger partial charge is 0.394 e. The fourth-order valence-electron chi connectivity index (χ4n) is 1.40. The second-order valence-electron chi connectivity index (χ2n) is 3.87. The van der Waals surface area contributed by atoms with Crippen molar-refractivity contribution < 1.29 is 23.0 Å². The highest BCUT2D eigenvalue weighted by molar-refractivity contribution is 4.89. The minimum Gasteiger partial charge on any atom is -0.394 e. The maximum Gasteiger partial charge on any atom is 0.391 e. The van der Waals surface area contributed by atoms with Gasteiger partial charge in [-0.3, -0.25) is 0 Å². The number of nitrogens with two attached hydrogens (primary N) is 1. The van der Waals surface area contributed by atoms with Gasteiger partial charge in [-0.1, -0.05) is 0 Å². The highest BCUT2D eigenvalue weighted by atomic mass is 19.4. The lowest BCUT2D eigenvalue weighted by Gasteiger charge is -2.22. The Labute approximate surface area is 86.4 Å². The Morgan fingerprint density at radius 3 is 2.40 bits per heavy atom. The molecule has 1 rings (SSSR count). The lowest BCUT2D eigenvalue weighted by atomic mass is 10.1. The van der Waals surface area contributed by atoms with Crippen LogP contribution in [-0.2, 0) is 4.74 Å². The van der Waals surface area contributed by atoms with E-state index < -0.39 is 25.3 Å². The van der Waals surface area contributed by atoms with Gasteiger partial charge in [-0.15, -0.1) is 0 Å². The third-order valence-corrected chi connectivity index (χ3v) is 2.49. The smallest absolute Gasteiger partial charge is 0.391 e. The highest BCUT2D eigenvalue weighted by Crippen LogP contribution is 2.33. The predicted octanol–water partition coefficient (Wildman–Crippen LogP) is 1.05. The van der Waals surface area contributed by atoms with Gasteiger partial charge >= 0.3 is 6.18 Å². The van der Waals surface area contributed by atoms with E-state index in [4.69, 9.17) is 15.6 Å². The molecular weight excluding hydrogens is 211 g/mol. The second kappa shape index (κ2) is 5.14. The third kappa shape index (κ3) is 4.81. The molecule has 0 amide bonds. The molecule has 6 heteroatoms. The molecule has 0 heterocycles. The summed E-state index contributed by atoms with van der Waals surface area (Å²) in [6, 6.07) is -0.344. The van der Waals surface area contributed by atoms with Crippen molar-refractivity contribution in [3.63, 3.8) is 0 Å². The van der Waals surface area contributed by atoms with Crippen molar-refractivity contribution in [3.8, 4) is 0 Å². The summed E-state index contributed by atoms with van der Waals surface area (Å²) in [7, 11) is 0. The quantitative estimate of drug-likeness (QED) is 0.713. The molecule has 1 aliphatic carbocycles. The normalized spacial score (nSPS) is 21.4. The lowest BCUT2D eigenvalue weighted by Crippen LogP contribution is -2.41. The highest BCUT2D eigenvalue weighted by Gasteiger charge is 2.35. The van der Waals surface area contributed by atoms with E-state index in [0.717, 1.165) is 12.8 Å². The van der Waals surface area contributed by atoms with Crippen LogP contribution < -0.4 is 5.73 Å². The molecule has 1 saturated carbocycles. The number of alkyl halides is 3. The zero-order valence-corrected chi connectivity index (χ0v) is 8.33. The van der Waals surface area contributed by atoms with Crippen LogP contribution in [0.1, 0.15) is 19.3 Å². The number of aliphatic hydroxyl groups is 1. The van der Waals surface area contributed by atoms with Gasteiger partial charge in [-0.05, 0) is 18.8 Å². The molecule has 3 nitrogen and oxygen atoms in total. The molecule has 0 aromatic heterocycles. The Bertz CT molecular complexity index is 194. The number of ether oxygens (including phenoxy) is 1. The molecule has 1 aliphatic rings. The van der Waals surface area contributed by atoms with Crippen LogP contribution in [0.4, 0.5) is 13.2 Å². The van der Waals surface area contributed by atoms with E-state index in [0.29, 0.717) is 5.92 Å². The number of rotatable bonds is 6. The Morgan fingerprint density at radius 2 is 2.00 bits per heavy atom. The van der Waals surface area contributed by atoms with Gasteiger partial charge in [0, 0.05) is 6.04 Å². The van der Waals surface area contributed by atoms with Crippen molar-refractivity contribution >= 4 is 0 Å². The average Bonchev–Trinajstić information content (AvgIpc) is 2.92. The maximum atomic E-state index is 11.8. The first-order chi connectivity index (χ1) is 6.94. The average molecular weight is 227 g/mol. The van der Waals surface area contributed by atoms with E-state index in [1.165, 1.54) is 0 Å². The van der Waals surface area contributed by atoms with Crippen LogP contribution in [0.15, 0.2) is 0 Å². The van der Waals surface area contributed by atoms with Gasteiger partial charge in [0.1, 0.15) is 0 Å². The van der Waals surface area contributed by atoms with Gasteiger partial charge in [0.15, 0.2) is 0 Å². The monoisotopic (exact) mass is 227 g/mol. The van der Waals surface area contributed by atoms with Crippen LogP contribution in [0.3, 0.4) is 0 Å². The molecule has 0 saturated heterocycles. The fraction of sp³-hybridized carbons (Fsp3) is 1.00. The van der Waals surface area contributed by atoms with E-state index in [9.17, 15) is 13.2 Å². The molecule has 0 aromatic rings. The second-order valence-corrected chi connectivity index (χ2v) is 3.87. The minimum atomic E-state index is -4.22. The van der Waals surface area contributed by atoms with Crippen LogP contribution in [0.25, 0.3) is 0 Å². The molecule has 0 radical (unpaired) electrons. The molecule has 3 N–H and O–H groups in total. The van der Waals surface area contributed by atoms with Gasteiger partial charge in [-0.2, -0.15) is 13.2 Å². The summed E-state index contributed by atoms with van der Waals surface area (Å²) in [5, 5.41) is 8.92. The van der Waals surface area contributed by atoms with Crippen LogP contribution in [0.5, 0.6) is 0 Å². The molecule has 0 spiro atoms. The van der Waals surface area contributed by atoms with E-state index in [-0.39, 0.29) is 12.6 Å². The molecule has 0 aliphatic heterocycles. The van der Waals surface area contributed by atoms with Gasteiger partial charge in [0.2, 0.25) is 0 Å². The molecule has 0 aromatic carbocycles. The molecule has 2 unspecified atom stereocenters. The van der Waals surface area contributed by atoms with Crippen LogP contribution in [0.2, 0.25) is 0 Å².